The van der Waals surface area contributed by atoms with Crippen LogP contribution in [0.15, 0.2) is 18.3 Å². The van der Waals surface area contributed by atoms with Gasteiger partial charge in [-0.25, -0.2) is 0 Å². The van der Waals surface area contributed by atoms with Crippen LogP contribution in [0.2, 0.25) is 0 Å². The van der Waals surface area contributed by atoms with Gasteiger partial charge in [0, 0.05) is 37.6 Å². The van der Waals surface area contributed by atoms with E-state index in [2.05, 4.69) is 17.2 Å². The molecule has 1 aliphatic heterocycles. The van der Waals surface area contributed by atoms with Gasteiger partial charge in [-0.05, 0) is 25.5 Å². The molecule has 1 N–H and O–H groups in total. The Morgan fingerprint density at radius 1 is 1.59 bits per heavy atom. The maximum absolute atomic E-state index is 12.1. The maximum Gasteiger partial charge on any atom is 0.227 e. The molecule has 0 aromatic carbocycles. The van der Waals surface area contributed by atoms with Crippen molar-refractivity contribution in [1.29, 1.82) is 0 Å². The quantitative estimate of drug-likeness (QED) is 0.820. The van der Waals surface area contributed by atoms with E-state index in [9.17, 15) is 4.79 Å². The van der Waals surface area contributed by atoms with Gasteiger partial charge in [0.2, 0.25) is 5.91 Å². The van der Waals surface area contributed by atoms with E-state index in [0.717, 1.165) is 30.9 Å². The van der Waals surface area contributed by atoms with Gasteiger partial charge in [-0.2, -0.15) is 0 Å². The third kappa shape index (κ3) is 3.27. The molecule has 1 atom stereocenters. The number of piperazine rings is 1. The standard InChI is InChI=1S/C13H19N3O/c1-10-3-4-12(8-15-10)7-13(17)16-6-5-14-11(2)9-16/h3-4,8,11,14H,5-7,9H2,1-2H3. The lowest BCUT2D eigenvalue weighted by Gasteiger charge is -2.32. The van der Waals surface area contributed by atoms with E-state index in [-0.39, 0.29) is 5.91 Å². The predicted molar refractivity (Wildman–Crippen MR) is 66.7 cm³/mol. The monoisotopic (exact) mass is 233 g/mol. The summed E-state index contributed by atoms with van der Waals surface area (Å²) < 4.78 is 0. The Bertz CT molecular complexity index is 388. The summed E-state index contributed by atoms with van der Waals surface area (Å²) in [4.78, 5) is 18.2. The van der Waals surface area contributed by atoms with Crippen molar-refractivity contribution in [2.45, 2.75) is 26.3 Å². The van der Waals surface area contributed by atoms with Crippen LogP contribution in [-0.4, -0.2) is 41.5 Å². The lowest BCUT2D eigenvalue weighted by molar-refractivity contribution is -0.131. The first-order valence-corrected chi connectivity index (χ1v) is 6.08. The zero-order chi connectivity index (χ0) is 12.3. The van der Waals surface area contributed by atoms with Crippen molar-refractivity contribution in [1.82, 2.24) is 15.2 Å². The zero-order valence-corrected chi connectivity index (χ0v) is 10.4. The fourth-order valence-corrected chi connectivity index (χ4v) is 2.05. The number of nitrogens with zero attached hydrogens (tertiary/aromatic N) is 2. The van der Waals surface area contributed by atoms with Crippen LogP contribution in [0.1, 0.15) is 18.2 Å². The van der Waals surface area contributed by atoms with E-state index < -0.39 is 0 Å². The summed E-state index contributed by atoms with van der Waals surface area (Å²) in [5.74, 6) is 0.198. The summed E-state index contributed by atoms with van der Waals surface area (Å²) in [5, 5.41) is 3.33. The molecule has 1 saturated heterocycles. The van der Waals surface area contributed by atoms with Gasteiger partial charge in [-0.1, -0.05) is 6.07 Å². The molecule has 92 valence electrons. The molecule has 4 heteroatoms. The van der Waals surface area contributed by atoms with Crippen LogP contribution < -0.4 is 5.32 Å². The Hall–Kier alpha value is -1.42. The molecule has 0 spiro atoms. The molecule has 2 heterocycles. The number of amides is 1. The number of nitrogens with one attached hydrogen (secondary N) is 1. The van der Waals surface area contributed by atoms with Crippen LogP contribution in [-0.2, 0) is 11.2 Å². The van der Waals surface area contributed by atoms with Crippen molar-refractivity contribution < 1.29 is 4.79 Å². The number of hydrogen-bond acceptors (Lipinski definition) is 3. The van der Waals surface area contributed by atoms with Gasteiger partial charge in [-0.3, -0.25) is 9.78 Å². The summed E-state index contributed by atoms with van der Waals surface area (Å²) in [6, 6.07) is 4.32. The molecule has 0 bridgehead atoms. The summed E-state index contributed by atoms with van der Waals surface area (Å²) in [6.07, 6.45) is 2.25. The van der Waals surface area contributed by atoms with Gasteiger partial charge < -0.3 is 10.2 Å². The summed E-state index contributed by atoms with van der Waals surface area (Å²) in [6.45, 7) is 6.55. The number of rotatable bonds is 2. The molecule has 1 aliphatic rings. The molecular weight excluding hydrogens is 214 g/mol. The third-order valence-electron chi connectivity index (χ3n) is 3.05. The number of carbonyl (C=O) groups excluding carboxylic acids is 1. The Morgan fingerprint density at radius 3 is 3.06 bits per heavy atom. The van der Waals surface area contributed by atoms with Gasteiger partial charge in [0.05, 0.1) is 6.42 Å². The molecule has 1 amide bonds. The van der Waals surface area contributed by atoms with Crippen LogP contribution in [0.25, 0.3) is 0 Å². The molecular formula is C13H19N3O. The highest BCUT2D eigenvalue weighted by atomic mass is 16.2. The largest absolute Gasteiger partial charge is 0.340 e. The van der Waals surface area contributed by atoms with Gasteiger partial charge in [0.1, 0.15) is 0 Å². The number of aryl methyl sites for hydroxylation is 1. The van der Waals surface area contributed by atoms with Crippen LogP contribution in [0, 0.1) is 6.92 Å². The second-order valence-corrected chi connectivity index (χ2v) is 4.68. The van der Waals surface area contributed by atoms with Gasteiger partial charge in [0.15, 0.2) is 0 Å². The molecule has 1 aromatic rings. The van der Waals surface area contributed by atoms with Crippen LogP contribution >= 0.6 is 0 Å². The minimum Gasteiger partial charge on any atom is -0.340 e. The van der Waals surface area contributed by atoms with Crippen molar-refractivity contribution in [2.75, 3.05) is 19.6 Å². The second kappa shape index (κ2) is 5.27. The van der Waals surface area contributed by atoms with E-state index in [1.54, 1.807) is 6.20 Å². The summed E-state index contributed by atoms with van der Waals surface area (Å²) in [5.41, 5.74) is 1.98. The van der Waals surface area contributed by atoms with Crippen molar-refractivity contribution in [2.24, 2.45) is 0 Å². The van der Waals surface area contributed by atoms with Crippen LogP contribution in [0.4, 0.5) is 0 Å². The van der Waals surface area contributed by atoms with Gasteiger partial charge in [-0.15, -0.1) is 0 Å². The fraction of sp³-hybridized carbons (Fsp3) is 0.538. The van der Waals surface area contributed by atoms with E-state index in [0.29, 0.717) is 12.5 Å². The first kappa shape index (κ1) is 12.0. The molecule has 17 heavy (non-hydrogen) atoms. The second-order valence-electron chi connectivity index (χ2n) is 4.68. The molecule has 2 rings (SSSR count). The number of pyridine rings is 1. The highest BCUT2D eigenvalue weighted by Gasteiger charge is 2.20. The normalized spacial score (nSPS) is 20.4. The Morgan fingerprint density at radius 2 is 2.41 bits per heavy atom. The molecule has 4 nitrogen and oxygen atoms in total. The lowest BCUT2D eigenvalue weighted by atomic mass is 10.1. The van der Waals surface area contributed by atoms with E-state index in [1.807, 2.05) is 24.0 Å². The van der Waals surface area contributed by atoms with Gasteiger partial charge in [0.25, 0.3) is 0 Å². The minimum atomic E-state index is 0.198. The Balaban J connectivity index is 1.94. The lowest BCUT2D eigenvalue weighted by Crippen LogP contribution is -2.51. The highest BCUT2D eigenvalue weighted by Crippen LogP contribution is 2.05. The van der Waals surface area contributed by atoms with E-state index in [4.69, 9.17) is 0 Å². The average Bonchev–Trinajstić information content (AvgIpc) is 2.32. The minimum absolute atomic E-state index is 0.198. The number of aromatic nitrogens is 1. The summed E-state index contributed by atoms with van der Waals surface area (Å²) in [7, 11) is 0. The Kier molecular flexibility index (Phi) is 3.74. The van der Waals surface area contributed by atoms with Crippen molar-refractivity contribution in [3.05, 3.63) is 29.6 Å². The van der Waals surface area contributed by atoms with Gasteiger partial charge >= 0.3 is 0 Å². The first-order chi connectivity index (χ1) is 8.15. The number of hydrogen-bond donors (Lipinski definition) is 1. The van der Waals surface area contributed by atoms with E-state index in [1.165, 1.54) is 0 Å². The van der Waals surface area contributed by atoms with Crippen molar-refractivity contribution in [3.8, 4) is 0 Å². The average molecular weight is 233 g/mol. The van der Waals surface area contributed by atoms with Crippen LogP contribution in [0.3, 0.4) is 0 Å². The molecule has 0 radical (unpaired) electrons. The molecule has 1 aromatic heterocycles. The smallest absolute Gasteiger partial charge is 0.227 e. The van der Waals surface area contributed by atoms with Crippen LogP contribution in [0.5, 0.6) is 0 Å². The van der Waals surface area contributed by atoms with Crippen molar-refractivity contribution in [3.63, 3.8) is 0 Å². The van der Waals surface area contributed by atoms with E-state index >= 15 is 0 Å². The SMILES string of the molecule is Cc1ccc(CC(=O)N2CCNC(C)C2)cn1. The first-order valence-electron chi connectivity index (χ1n) is 6.08. The van der Waals surface area contributed by atoms with Crippen molar-refractivity contribution >= 4 is 5.91 Å². The number of carbonyl (C=O) groups is 1. The zero-order valence-electron chi connectivity index (χ0n) is 10.4. The Labute approximate surface area is 102 Å². The topological polar surface area (TPSA) is 45.2 Å². The predicted octanol–water partition coefficient (Wildman–Crippen LogP) is 0.753. The molecule has 0 aliphatic carbocycles. The highest BCUT2D eigenvalue weighted by molar-refractivity contribution is 5.78. The molecule has 1 unspecified atom stereocenters. The third-order valence-corrected chi connectivity index (χ3v) is 3.05. The summed E-state index contributed by atoms with van der Waals surface area (Å²) >= 11 is 0. The molecule has 0 saturated carbocycles. The maximum atomic E-state index is 12.1. The molecule has 1 fully saturated rings. The fourth-order valence-electron chi connectivity index (χ4n) is 2.05.